The summed E-state index contributed by atoms with van der Waals surface area (Å²) in [5, 5.41) is 3.61. The maximum atomic E-state index is 5.66. The first-order valence-electron chi connectivity index (χ1n) is 6.34. The molecule has 3 heteroatoms. The van der Waals surface area contributed by atoms with Crippen LogP contribution < -0.4 is 5.32 Å². The molecule has 3 nitrogen and oxygen atoms in total. The molecule has 0 amide bonds. The third-order valence-electron chi connectivity index (χ3n) is 3.39. The summed E-state index contributed by atoms with van der Waals surface area (Å²) < 4.78 is 5.66. The second kappa shape index (κ2) is 5.28. The zero-order chi connectivity index (χ0) is 10.7. The first-order chi connectivity index (χ1) is 7.25. The predicted molar refractivity (Wildman–Crippen MR) is 62.1 cm³/mol. The van der Waals surface area contributed by atoms with E-state index in [-0.39, 0.29) is 0 Å². The van der Waals surface area contributed by atoms with Crippen molar-refractivity contribution in [3.8, 4) is 0 Å². The van der Waals surface area contributed by atoms with Crippen molar-refractivity contribution in [3.63, 3.8) is 0 Å². The molecule has 0 spiro atoms. The number of nitrogens with zero attached hydrogens (tertiary/aromatic N) is 1. The van der Waals surface area contributed by atoms with E-state index in [1.165, 1.54) is 25.8 Å². The van der Waals surface area contributed by atoms with Crippen LogP contribution in [0.1, 0.15) is 33.1 Å². The average Bonchev–Trinajstić information content (AvgIpc) is 3.01. The molecule has 1 aliphatic carbocycles. The SMILES string of the molecule is CC1CN(C(C)CNC2CC2)CCCO1. The average molecular weight is 212 g/mol. The van der Waals surface area contributed by atoms with E-state index < -0.39 is 0 Å². The highest BCUT2D eigenvalue weighted by Gasteiger charge is 2.24. The van der Waals surface area contributed by atoms with E-state index in [1.54, 1.807) is 0 Å². The summed E-state index contributed by atoms with van der Waals surface area (Å²) in [4.78, 5) is 2.56. The van der Waals surface area contributed by atoms with Crippen molar-refractivity contribution in [2.75, 3.05) is 26.2 Å². The summed E-state index contributed by atoms with van der Waals surface area (Å²) in [6.07, 6.45) is 4.34. The third kappa shape index (κ3) is 3.74. The van der Waals surface area contributed by atoms with Gasteiger partial charge in [-0.25, -0.2) is 0 Å². The molecule has 2 fully saturated rings. The standard InChI is InChI=1S/C12H24N2O/c1-10(8-13-12-4-5-12)14-6-3-7-15-11(2)9-14/h10-13H,3-9H2,1-2H3. The number of nitrogens with one attached hydrogen (secondary N) is 1. The third-order valence-corrected chi connectivity index (χ3v) is 3.39. The van der Waals surface area contributed by atoms with Gasteiger partial charge in [-0.3, -0.25) is 4.90 Å². The van der Waals surface area contributed by atoms with E-state index in [9.17, 15) is 0 Å². The molecule has 2 unspecified atom stereocenters. The van der Waals surface area contributed by atoms with E-state index in [1.807, 2.05) is 0 Å². The smallest absolute Gasteiger partial charge is 0.0674 e. The van der Waals surface area contributed by atoms with Crippen molar-refractivity contribution in [1.29, 1.82) is 0 Å². The van der Waals surface area contributed by atoms with Gasteiger partial charge in [0, 0.05) is 38.3 Å². The van der Waals surface area contributed by atoms with Gasteiger partial charge in [0.15, 0.2) is 0 Å². The van der Waals surface area contributed by atoms with Crippen LogP contribution in [0.15, 0.2) is 0 Å². The van der Waals surface area contributed by atoms with Crippen LogP contribution in [-0.4, -0.2) is 49.3 Å². The van der Waals surface area contributed by atoms with Crippen molar-refractivity contribution in [2.24, 2.45) is 0 Å². The first-order valence-corrected chi connectivity index (χ1v) is 6.34. The van der Waals surface area contributed by atoms with Gasteiger partial charge in [-0.2, -0.15) is 0 Å². The fourth-order valence-electron chi connectivity index (χ4n) is 2.18. The molecule has 2 rings (SSSR count). The molecule has 0 aromatic heterocycles. The zero-order valence-corrected chi connectivity index (χ0v) is 10.0. The van der Waals surface area contributed by atoms with Crippen molar-refractivity contribution < 1.29 is 4.74 Å². The lowest BCUT2D eigenvalue weighted by Crippen LogP contribution is -2.43. The molecule has 0 aromatic carbocycles. The van der Waals surface area contributed by atoms with Gasteiger partial charge < -0.3 is 10.1 Å². The minimum absolute atomic E-state index is 0.399. The van der Waals surface area contributed by atoms with Crippen molar-refractivity contribution >= 4 is 0 Å². The Morgan fingerprint density at radius 3 is 3.00 bits per heavy atom. The Morgan fingerprint density at radius 2 is 2.27 bits per heavy atom. The second-order valence-electron chi connectivity index (χ2n) is 5.06. The fraction of sp³-hybridized carbons (Fsp3) is 1.00. The molecule has 0 bridgehead atoms. The number of rotatable bonds is 4. The van der Waals surface area contributed by atoms with Crippen LogP contribution in [0.25, 0.3) is 0 Å². The quantitative estimate of drug-likeness (QED) is 0.759. The molecular formula is C12H24N2O. The lowest BCUT2D eigenvalue weighted by molar-refractivity contribution is 0.0620. The summed E-state index contributed by atoms with van der Waals surface area (Å²) in [6, 6.07) is 1.47. The van der Waals surface area contributed by atoms with E-state index in [0.29, 0.717) is 12.1 Å². The zero-order valence-electron chi connectivity index (χ0n) is 10.0. The van der Waals surface area contributed by atoms with E-state index in [0.717, 1.165) is 25.7 Å². The molecule has 0 aromatic rings. The Kier molecular flexibility index (Phi) is 4.00. The van der Waals surface area contributed by atoms with Crippen LogP contribution in [0.2, 0.25) is 0 Å². The Bertz CT molecular complexity index is 194. The highest BCUT2D eigenvalue weighted by atomic mass is 16.5. The van der Waals surface area contributed by atoms with Crippen molar-refractivity contribution in [2.45, 2.75) is 51.3 Å². The summed E-state index contributed by atoms with van der Waals surface area (Å²) in [5.41, 5.74) is 0. The summed E-state index contributed by atoms with van der Waals surface area (Å²) in [5.74, 6) is 0. The van der Waals surface area contributed by atoms with E-state index in [2.05, 4.69) is 24.1 Å². The molecule has 15 heavy (non-hydrogen) atoms. The molecule has 1 saturated heterocycles. The predicted octanol–water partition coefficient (Wildman–Crippen LogP) is 1.24. The summed E-state index contributed by atoms with van der Waals surface area (Å²) in [7, 11) is 0. The molecule has 88 valence electrons. The Labute approximate surface area is 93.2 Å². The Morgan fingerprint density at radius 1 is 1.47 bits per heavy atom. The van der Waals surface area contributed by atoms with Crippen LogP contribution in [0, 0.1) is 0 Å². The monoisotopic (exact) mass is 212 g/mol. The minimum Gasteiger partial charge on any atom is -0.377 e. The van der Waals surface area contributed by atoms with Gasteiger partial charge in [0.2, 0.25) is 0 Å². The van der Waals surface area contributed by atoms with Gasteiger partial charge in [-0.05, 0) is 33.1 Å². The first kappa shape index (κ1) is 11.4. The highest BCUT2D eigenvalue weighted by molar-refractivity contribution is 4.83. The molecule has 2 aliphatic rings. The van der Waals surface area contributed by atoms with E-state index in [4.69, 9.17) is 4.74 Å². The summed E-state index contributed by atoms with van der Waals surface area (Å²) >= 11 is 0. The topological polar surface area (TPSA) is 24.5 Å². The molecule has 0 radical (unpaired) electrons. The largest absolute Gasteiger partial charge is 0.377 e. The van der Waals surface area contributed by atoms with Crippen LogP contribution in [-0.2, 0) is 4.74 Å². The van der Waals surface area contributed by atoms with Crippen LogP contribution >= 0.6 is 0 Å². The fourth-order valence-corrected chi connectivity index (χ4v) is 2.18. The summed E-state index contributed by atoms with van der Waals surface area (Å²) in [6.45, 7) is 8.86. The number of ether oxygens (including phenoxy) is 1. The molecule has 1 saturated carbocycles. The molecule has 2 atom stereocenters. The maximum absolute atomic E-state index is 5.66. The maximum Gasteiger partial charge on any atom is 0.0674 e. The molecule has 1 N–H and O–H groups in total. The lowest BCUT2D eigenvalue weighted by atomic mass is 10.2. The van der Waals surface area contributed by atoms with Crippen LogP contribution in [0.4, 0.5) is 0 Å². The van der Waals surface area contributed by atoms with Crippen molar-refractivity contribution in [3.05, 3.63) is 0 Å². The van der Waals surface area contributed by atoms with Gasteiger partial charge in [0.1, 0.15) is 0 Å². The van der Waals surface area contributed by atoms with Gasteiger partial charge >= 0.3 is 0 Å². The van der Waals surface area contributed by atoms with Gasteiger partial charge in [0.25, 0.3) is 0 Å². The van der Waals surface area contributed by atoms with Gasteiger partial charge in [-0.1, -0.05) is 0 Å². The molecular weight excluding hydrogens is 188 g/mol. The molecule has 1 heterocycles. The normalized spacial score (nSPS) is 31.2. The van der Waals surface area contributed by atoms with Gasteiger partial charge in [0.05, 0.1) is 6.10 Å². The Balaban J connectivity index is 1.73. The van der Waals surface area contributed by atoms with Crippen molar-refractivity contribution in [1.82, 2.24) is 10.2 Å². The van der Waals surface area contributed by atoms with Crippen LogP contribution in [0.5, 0.6) is 0 Å². The highest BCUT2D eigenvalue weighted by Crippen LogP contribution is 2.19. The van der Waals surface area contributed by atoms with Gasteiger partial charge in [-0.15, -0.1) is 0 Å². The Hall–Kier alpha value is -0.120. The number of hydrogen-bond donors (Lipinski definition) is 1. The molecule has 1 aliphatic heterocycles. The minimum atomic E-state index is 0.399. The second-order valence-corrected chi connectivity index (χ2v) is 5.06. The lowest BCUT2D eigenvalue weighted by Gasteiger charge is -2.28. The van der Waals surface area contributed by atoms with Crippen LogP contribution in [0.3, 0.4) is 0 Å². The number of hydrogen-bond acceptors (Lipinski definition) is 3. The van der Waals surface area contributed by atoms with E-state index >= 15 is 0 Å².